The lowest BCUT2D eigenvalue weighted by atomic mass is 10.1. The topological polar surface area (TPSA) is 54.9 Å². The lowest BCUT2D eigenvalue weighted by Gasteiger charge is -2.34. The Morgan fingerprint density at radius 3 is 2.59 bits per heavy atom. The molecule has 1 amide bonds. The molecule has 0 aliphatic carbocycles. The van der Waals surface area contributed by atoms with E-state index in [0.717, 1.165) is 5.82 Å². The van der Waals surface area contributed by atoms with Crippen LogP contribution in [0.25, 0.3) is 6.08 Å². The van der Waals surface area contributed by atoms with Crippen LogP contribution < -0.4 is 14.4 Å². The number of para-hydroxylation sites is 1. The second kappa shape index (κ2) is 9.56. The van der Waals surface area contributed by atoms with E-state index in [-0.39, 0.29) is 17.4 Å². The molecular weight excluding hydrogens is 404 g/mol. The third-order valence-corrected chi connectivity index (χ3v) is 4.69. The monoisotopic (exact) mass is 423 g/mol. The molecule has 29 heavy (non-hydrogen) atoms. The second-order valence-electron chi connectivity index (χ2n) is 6.24. The zero-order valence-corrected chi connectivity index (χ0v) is 16.5. The lowest BCUT2D eigenvalue weighted by Crippen LogP contribution is -2.48. The summed E-state index contributed by atoms with van der Waals surface area (Å²) in [5.74, 6) is 0.665. The molecule has 3 rings (SSSR count). The van der Waals surface area contributed by atoms with Gasteiger partial charge in [0.15, 0.2) is 11.5 Å². The highest BCUT2D eigenvalue weighted by Crippen LogP contribution is 2.33. The van der Waals surface area contributed by atoms with E-state index in [1.165, 1.54) is 25.3 Å². The van der Waals surface area contributed by atoms with Crippen molar-refractivity contribution in [3.8, 4) is 11.5 Å². The molecule has 2 heterocycles. The molecule has 0 saturated carbocycles. The van der Waals surface area contributed by atoms with Gasteiger partial charge in [0, 0.05) is 44.0 Å². The van der Waals surface area contributed by atoms with Crippen LogP contribution in [-0.4, -0.2) is 55.7 Å². The Hall–Kier alpha value is -2.87. The van der Waals surface area contributed by atoms with Gasteiger partial charge in [0.25, 0.3) is 0 Å². The van der Waals surface area contributed by atoms with Crippen LogP contribution in [0.15, 0.2) is 42.6 Å². The van der Waals surface area contributed by atoms with E-state index in [1.54, 1.807) is 29.3 Å². The Kier molecular flexibility index (Phi) is 6.87. The smallest absolute Gasteiger partial charge is 0.387 e. The van der Waals surface area contributed by atoms with Crippen molar-refractivity contribution in [1.29, 1.82) is 0 Å². The van der Waals surface area contributed by atoms with Gasteiger partial charge in [-0.15, -0.1) is 0 Å². The van der Waals surface area contributed by atoms with E-state index < -0.39 is 6.61 Å². The number of carbonyl (C=O) groups excluding carboxylic acids is 1. The molecule has 9 heteroatoms. The fourth-order valence-corrected chi connectivity index (χ4v) is 3.13. The first-order valence-corrected chi connectivity index (χ1v) is 9.31. The maximum absolute atomic E-state index is 12.7. The van der Waals surface area contributed by atoms with Gasteiger partial charge in [-0.05, 0) is 24.3 Å². The summed E-state index contributed by atoms with van der Waals surface area (Å²) in [6, 6.07) is 8.35. The molecule has 1 aliphatic rings. The molecule has 154 valence electrons. The van der Waals surface area contributed by atoms with Gasteiger partial charge >= 0.3 is 6.61 Å². The third kappa shape index (κ3) is 5.35. The Bertz CT molecular complexity index is 870. The van der Waals surface area contributed by atoms with Crippen LogP contribution in [-0.2, 0) is 4.79 Å². The van der Waals surface area contributed by atoms with Crippen molar-refractivity contribution in [2.24, 2.45) is 0 Å². The summed E-state index contributed by atoms with van der Waals surface area (Å²) in [6.07, 6.45) is 4.39. The number of pyridine rings is 1. The van der Waals surface area contributed by atoms with Crippen molar-refractivity contribution in [3.05, 3.63) is 53.2 Å². The van der Waals surface area contributed by atoms with Gasteiger partial charge in [-0.2, -0.15) is 8.78 Å². The van der Waals surface area contributed by atoms with Crippen molar-refractivity contribution < 1.29 is 23.0 Å². The highest BCUT2D eigenvalue weighted by atomic mass is 35.5. The Morgan fingerprint density at radius 1 is 1.21 bits per heavy atom. The predicted octanol–water partition coefficient (Wildman–Crippen LogP) is 3.71. The first-order valence-electron chi connectivity index (χ1n) is 8.93. The molecule has 2 aromatic rings. The Labute approximate surface area is 172 Å². The van der Waals surface area contributed by atoms with E-state index in [2.05, 4.69) is 14.6 Å². The van der Waals surface area contributed by atoms with Crippen LogP contribution in [0.5, 0.6) is 11.5 Å². The summed E-state index contributed by atoms with van der Waals surface area (Å²) < 4.78 is 35.0. The fraction of sp³-hybridized carbons (Fsp3) is 0.300. The minimum atomic E-state index is -3.00. The molecule has 0 N–H and O–H groups in total. The number of anilines is 1. The summed E-state index contributed by atoms with van der Waals surface area (Å²) in [5, 5.41) is 0.570. The van der Waals surface area contributed by atoms with Crippen LogP contribution in [0.1, 0.15) is 5.56 Å². The molecule has 0 unspecified atom stereocenters. The van der Waals surface area contributed by atoms with Crippen molar-refractivity contribution >= 4 is 29.4 Å². The first-order chi connectivity index (χ1) is 14.0. The van der Waals surface area contributed by atoms with E-state index in [0.29, 0.717) is 36.8 Å². The number of ether oxygens (including phenoxy) is 2. The molecule has 1 aromatic carbocycles. The number of hydrogen-bond acceptors (Lipinski definition) is 5. The largest absolute Gasteiger partial charge is 0.493 e. The average molecular weight is 424 g/mol. The highest BCUT2D eigenvalue weighted by molar-refractivity contribution is 6.30. The van der Waals surface area contributed by atoms with E-state index in [9.17, 15) is 13.6 Å². The average Bonchev–Trinajstić information content (AvgIpc) is 2.73. The van der Waals surface area contributed by atoms with E-state index in [1.807, 2.05) is 6.07 Å². The van der Waals surface area contributed by atoms with Crippen molar-refractivity contribution in [3.63, 3.8) is 0 Å². The number of alkyl halides is 2. The summed E-state index contributed by atoms with van der Waals surface area (Å²) in [7, 11) is 1.36. The van der Waals surface area contributed by atoms with Gasteiger partial charge < -0.3 is 19.3 Å². The molecule has 1 aliphatic heterocycles. The maximum Gasteiger partial charge on any atom is 0.387 e. The van der Waals surface area contributed by atoms with E-state index >= 15 is 0 Å². The molecule has 0 spiro atoms. The standard InChI is InChI=1S/C20H20ClF2N3O3/c1-28-16-4-2-3-14(19(16)29-20(22)23)5-8-18(27)26-11-9-25(10-12-26)17-7-6-15(21)13-24-17/h2-8,13,20H,9-12H2,1H3/b8-5+. The fourth-order valence-electron chi connectivity index (χ4n) is 3.02. The minimum absolute atomic E-state index is 0.104. The van der Waals surface area contributed by atoms with Crippen LogP contribution >= 0.6 is 11.6 Å². The molecule has 1 fully saturated rings. The number of nitrogens with zero attached hydrogens (tertiary/aromatic N) is 3. The van der Waals surface area contributed by atoms with Crippen molar-refractivity contribution in [1.82, 2.24) is 9.88 Å². The minimum Gasteiger partial charge on any atom is -0.493 e. The zero-order valence-electron chi connectivity index (χ0n) is 15.7. The summed E-state index contributed by atoms with van der Waals surface area (Å²) in [5.41, 5.74) is 0.335. The van der Waals surface area contributed by atoms with Gasteiger partial charge in [-0.25, -0.2) is 4.98 Å². The first kappa shape index (κ1) is 20.9. The lowest BCUT2D eigenvalue weighted by molar-refractivity contribution is -0.126. The molecule has 1 saturated heterocycles. The number of hydrogen-bond donors (Lipinski definition) is 0. The second-order valence-corrected chi connectivity index (χ2v) is 6.67. The van der Waals surface area contributed by atoms with Crippen LogP contribution in [0.2, 0.25) is 5.02 Å². The number of aromatic nitrogens is 1. The summed E-state index contributed by atoms with van der Waals surface area (Å²) in [4.78, 5) is 20.6. The SMILES string of the molecule is COc1cccc(/C=C/C(=O)N2CCN(c3ccc(Cl)cn3)CC2)c1OC(F)F. The van der Waals surface area contributed by atoms with Gasteiger partial charge in [0.1, 0.15) is 5.82 Å². The highest BCUT2D eigenvalue weighted by Gasteiger charge is 2.21. The Morgan fingerprint density at radius 2 is 1.97 bits per heavy atom. The third-order valence-electron chi connectivity index (χ3n) is 4.47. The van der Waals surface area contributed by atoms with Gasteiger partial charge in [0.2, 0.25) is 5.91 Å². The number of piperazine rings is 1. The van der Waals surface area contributed by atoms with Gasteiger partial charge in [-0.1, -0.05) is 23.7 Å². The molecular formula is C20H20ClF2N3O3. The summed E-state index contributed by atoms with van der Waals surface area (Å²) in [6.45, 7) is -0.693. The number of rotatable bonds is 6. The maximum atomic E-state index is 12.7. The van der Waals surface area contributed by atoms with Gasteiger partial charge in [-0.3, -0.25) is 4.79 Å². The normalized spacial score (nSPS) is 14.5. The summed E-state index contributed by atoms with van der Waals surface area (Å²) >= 11 is 5.86. The molecule has 0 bridgehead atoms. The molecule has 1 aromatic heterocycles. The van der Waals surface area contributed by atoms with E-state index in [4.69, 9.17) is 16.3 Å². The van der Waals surface area contributed by atoms with Crippen LogP contribution in [0.3, 0.4) is 0 Å². The van der Waals surface area contributed by atoms with Crippen molar-refractivity contribution in [2.45, 2.75) is 6.61 Å². The predicted molar refractivity (Wildman–Crippen MR) is 107 cm³/mol. The molecule has 0 radical (unpaired) electrons. The molecule has 0 atom stereocenters. The quantitative estimate of drug-likeness (QED) is 0.663. The number of amides is 1. The van der Waals surface area contributed by atoms with Crippen LogP contribution in [0, 0.1) is 0 Å². The Balaban J connectivity index is 1.64. The number of methoxy groups -OCH3 is 1. The number of halogens is 3. The van der Waals surface area contributed by atoms with Crippen molar-refractivity contribution in [2.75, 3.05) is 38.2 Å². The van der Waals surface area contributed by atoms with Crippen LogP contribution in [0.4, 0.5) is 14.6 Å². The molecule has 6 nitrogen and oxygen atoms in total. The number of benzene rings is 1. The zero-order chi connectivity index (χ0) is 20.8. The number of carbonyl (C=O) groups is 1. The van der Waals surface area contributed by atoms with Gasteiger partial charge in [0.05, 0.1) is 12.1 Å².